The van der Waals surface area contributed by atoms with Gasteiger partial charge in [-0.15, -0.1) is 5.10 Å². The normalized spacial score (nSPS) is 29.5. The summed E-state index contributed by atoms with van der Waals surface area (Å²) in [6, 6.07) is 0. The smallest absolute Gasteiger partial charge is 0.0883 e. The van der Waals surface area contributed by atoms with Crippen LogP contribution in [0.4, 0.5) is 0 Å². The van der Waals surface area contributed by atoms with E-state index in [1.165, 1.54) is 0 Å². The van der Waals surface area contributed by atoms with Gasteiger partial charge in [-0.05, 0) is 12.8 Å². The fourth-order valence-electron chi connectivity index (χ4n) is 1.82. The Kier molecular flexibility index (Phi) is 1.84. The summed E-state index contributed by atoms with van der Waals surface area (Å²) < 4.78 is 1.68. The van der Waals surface area contributed by atoms with Gasteiger partial charge >= 0.3 is 0 Å². The maximum Gasteiger partial charge on any atom is 0.0883 e. The number of aromatic nitrogens is 3. The van der Waals surface area contributed by atoms with Crippen LogP contribution in [0, 0.1) is 0 Å². The Morgan fingerprint density at radius 1 is 1.58 bits per heavy atom. The molecule has 2 rings (SSSR count). The van der Waals surface area contributed by atoms with Crippen molar-refractivity contribution in [3.63, 3.8) is 0 Å². The monoisotopic (exact) mass is 167 g/mol. The van der Waals surface area contributed by atoms with E-state index in [-0.39, 0.29) is 12.0 Å². The second kappa shape index (κ2) is 2.86. The van der Waals surface area contributed by atoms with Crippen LogP contribution in [0.25, 0.3) is 0 Å². The molecule has 0 amide bonds. The number of aryl methyl sites for hydroxylation is 1. The predicted molar refractivity (Wildman–Crippen MR) is 43.6 cm³/mol. The molecule has 1 aromatic rings. The van der Waals surface area contributed by atoms with Crippen LogP contribution in [-0.4, -0.2) is 26.2 Å². The summed E-state index contributed by atoms with van der Waals surface area (Å²) in [6.45, 7) is 0. The van der Waals surface area contributed by atoms with Crippen LogP contribution in [0.1, 0.15) is 30.9 Å². The van der Waals surface area contributed by atoms with Crippen LogP contribution < -0.4 is 0 Å². The van der Waals surface area contributed by atoms with Crippen molar-refractivity contribution in [2.45, 2.75) is 31.3 Å². The second-order valence-electron chi connectivity index (χ2n) is 3.42. The van der Waals surface area contributed by atoms with E-state index >= 15 is 0 Å². The van der Waals surface area contributed by atoms with Gasteiger partial charge in [-0.1, -0.05) is 11.6 Å². The largest absolute Gasteiger partial charge is 0.392 e. The van der Waals surface area contributed by atoms with Gasteiger partial charge in [0, 0.05) is 19.2 Å². The molecule has 1 heterocycles. The lowest BCUT2D eigenvalue weighted by Gasteiger charge is -2.09. The molecular weight excluding hydrogens is 154 g/mol. The maximum absolute atomic E-state index is 9.57. The lowest BCUT2D eigenvalue weighted by atomic mass is 10.0. The molecule has 66 valence electrons. The third kappa shape index (κ3) is 1.22. The van der Waals surface area contributed by atoms with E-state index in [4.69, 9.17) is 0 Å². The van der Waals surface area contributed by atoms with Gasteiger partial charge in [0.05, 0.1) is 11.8 Å². The van der Waals surface area contributed by atoms with Gasteiger partial charge in [-0.2, -0.15) is 0 Å². The van der Waals surface area contributed by atoms with Crippen molar-refractivity contribution in [3.05, 3.63) is 11.9 Å². The van der Waals surface area contributed by atoms with E-state index in [0.29, 0.717) is 0 Å². The molecule has 0 aromatic carbocycles. The van der Waals surface area contributed by atoms with Crippen molar-refractivity contribution in [2.75, 3.05) is 0 Å². The van der Waals surface area contributed by atoms with Crippen LogP contribution in [0.2, 0.25) is 0 Å². The Labute approximate surface area is 71.2 Å². The number of nitrogens with zero attached hydrogens (tertiary/aromatic N) is 3. The summed E-state index contributed by atoms with van der Waals surface area (Å²) in [5.41, 5.74) is 0.933. The quantitative estimate of drug-likeness (QED) is 0.660. The summed E-state index contributed by atoms with van der Waals surface area (Å²) in [4.78, 5) is 0. The molecular formula is C8H13N3O. The van der Waals surface area contributed by atoms with Crippen LogP contribution in [-0.2, 0) is 7.05 Å². The molecule has 12 heavy (non-hydrogen) atoms. The molecule has 1 aromatic heterocycles. The molecule has 0 spiro atoms. The van der Waals surface area contributed by atoms with Gasteiger partial charge in [0.15, 0.2) is 0 Å². The number of aliphatic hydroxyl groups excluding tert-OH is 1. The summed E-state index contributed by atoms with van der Waals surface area (Å²) in [7, 11) is 1.85. The highest BCUT2D eigenvalue weighted by Gasteiger charge is 2.28. The average molecular weight is 167 g/mol. The zero-order valence-electron chi connectivity index (χ0n) is 7.14. The third-order valence-corrected chi connectivity index (χ3v) is 2.48. The molecule has 0 bridgehead atoms. The first kappa shape index (κ1) is 7.73. The van der Waals surface area contributed by atoms with Crippen molar-refractivity contribution in [1.82, 2.24) is 15.0 Å². The molecule has 1 aliphatic rings. The van der Waals surface area contributed by atoms with Crippen LogP contribution >= 0.6 is 0 Å². The first-order chi connectivity index (χ1) is 5.77. The molecule has 1 N–H and O–H groups in total. The van der Waals surface area contributed by atoms with Crippen LogP contribution in [0.5, 0.6) is 0 Å². The topological polar surface area (TPSA) is 50.9 Å². The lowest BCUT2D eigenvalue weighted by Crippen LogP contribution is -2.11. The van der Waals surface area contributed by atoms with Crippen molar-refractivity contribution in [2.24, 2.45) is 7.05 Å². The molecule has 0 saturated heterocycles. The van der Waals surface area contributed by atoms with Gasteiger partial charge in [0.25, 0.3) is 0 Å². The van der Waals surface area contributed by atoms with Gasteiger partial charge in [0.2, 0.25) is 0 Å². The van der Waals surface area contributed by atoms with Crippen molar-refractivity contribution >= 4 is 0 Å². The zero-order valence-corrected chi connectivity index (χ0v) is 7.14. The Morgan fingerprint density at radius 2 is 2.42 bits per heavy atom. The van der Waals surface area contributed by atoms with E-state index in [2.05, 4.69) is 10.3 Å². The summed E-state index contributed by atoms with van der Waals surface area (Å²) in [6.07, 6.45) is 4.73. The minimum absolute atomic E-state index is 0.207. The zero-order chi connectivity index (χ0) is 8.55. The van der Waals surface area contributed by atoms with Crippen LogP contribution in [0.3, 0.4) is 0 Å². The lowest BCUT2D eigenvalue weighted by molar-refractivity contribution is 0.162. The fraction of sp³-hybridized carbons (Fsp3) is 0.750. The first-order valence-electron chi connectivity index (χ1n) is 4.31. The van der Waals surface area contributed by atoms with Gasteiger partial charge in [-0.3, -0.25) is 4.68 Å². The highest BCUT2D eigenvalue weighted by molar-refractivity contribution is 5.06. The Hall–Kier alpha value is -0.900. The van der Waals surface area contributed by atoms with E-state index < -0.39 is 0 Å². The molecule has 4 heteroatoms. The molecule has 0 radical (unpaired) electrons. The van der Waals surface area contributed by atoms with E-state index in [1.54, 1.807) is 4.68 Å². The number of hydrogen-bond acceptors (Lipinski definition) is 3. The van der Waals surface area contributed by atoms with Crippen LogP contribution in [0.15, 0.2) is 6.20 Å². The molecule has 1 aliphatic carbocycles. The molecule has 2 atom stereocenters. The summed E-state index contributed by atoms with van der Waals surface area (Å²) in [5, 5.41) is 17.4. The Balaban J connectivity index is 2.19. The highest BCUT2D eigenvalue weighted by atomic mass is 16.3. The number of hydrogen-bond donors (Lipinski definition) is 1. The minimum Gasteiger partial charge on any atom is -0.392 e. The van der Waals surface area contributed by atoms with Gasteiger partial charge in [0.1, 0.15) is 0 Å². The number of rotatable bonds is 1. The first-order valence-corrected chi connectivity index (χ1v) is 4.31. The standard InChI is InChI=1S/C8H13N3O/c1-11-5-7(9-10-11)6-3-2-4-8(6)12/h5-6,8,12H,2-4H2,1H3/t6-,8+/m0/s1. The third-order valence-electron chi connectivity index (χ3n) is 2.48. The molecule has 0 unspecified atom stereocenters. The second-order valence-corrected chi connectivity index (χ2v) is 3.42. The predicted octanol–water partition coefficient (Wildman–Crippen LogP) is 0.443. The van der Waals surface area contributed by atoms with E-state index in [0.717, 1.165) is 25.0 Å². The Bertz CT molecular complexity index is 271. The van der Waals surface area contributed by atoms with Crippen molar-refractivity contribution in [3.8, 4) is 0 Å². The average Bonchev–Trinajstić information content (AvgIpc) is 2.58. The maximum atomic E-state index is 9.57. The summed E-state index contributed by atoms with van der Waals surface area (Å²) in [5.74, 6) is 0.221. The molecule has 0 aliphatic heterocycles. The minimum atomic E-state index is -0.207. The van der Waals surface area contributed by atoms with E-state index in [1.807, 2.05) is 13.2 Å². The highest BCUT2D eigenvalue weighted by Crippen LogP contribution is 2.32. The molecule has 4 nitrogen and oxygen atoms in total. The molecule has 1 saturated carbocycles. The van der Waals surface area contributed by atoms with Crippen molar-refractivity contribution < 1.29 is 5.11 Å². The van der Waals surface area contributed by atoms with Gasteiger partial charge in [-0.25, -0.2) is 0 Å². The van der Waals surface area contributed by atoms with Crippen molar-refractivity contribution in [1.29, 1.82) is 0 Å². The van der Waals surface area contributed by atoms with Gasteiger partial charge < -0.3 is 5.11 Å². The SMILES string of the molecule is Cn1cc([C@@H]2CCC[C@H]2O)nn1. The fourth-order valence-corrected chi connectivity index (χ4v) is 1.82. The van der Waals surface area contributed by atoms with E-state index in [9.17, 15) is 5.11 Å². The Morgan fingerprint density at radius 3 is 2.92 bits per heavy atom. The number of aliphatic hydroxyl groups is 1. The summed E-state index contributed by atoms with van der Waals surface area (Å²) >= 11 is 0. The molecule has 1 fully saturated rings.